The van der Waals surface area contributed by atoms with Gasteiger partial charge in [0.2, 0.25) is 88.6 Å². The molecule has 0 radical (unpaired) electrons. The van der Waals surface area contributed by atoms with E-state index in [1.165, 1.54) is 34.6 Å². The molecule has 0 saturated carbocycles. The maximum atomic E-state index is 13.9. The first-order valence-corrected chi connectivity index (χ1v) is 36.9. The SMILES string of the molecule is CC(=O)NCCCCCC(=O)NCCCCC(NC(=O)CCCCCNC(C)=O)C(=O)NCCCCC(NC(=O)CCCCCNC(C)=O)C(=O)NCCCCC(NC(=O)CCCCCNC(C)=O)C(=O)NCCCCC(NC(=O)CCCCCNC(C)=O)C(=O)NCCCCCC(N)=O.[HH].[HH].[HH].[HH].[HH]. The zero-order chi connectivity index (χ0) is 74.4. The molecule has 0 aliphatic heterocycles. The lowest BCUT2D eigenvalue weighted by Gasteiger charge is -2.21. The number of carbonyl (C=O) groups excluding carboxylic acids is 15. The van der Waals surface area contributed by atoms with Crippen LogP contribution in [-0.4, -0.2) is 178 Å². The van der Waals surface area contributed by atoms with E-state index >= 15 is 0 Å². The van der Waals surface area contributed by atoms with E-state index in [0.717, 1.165) is 12.8 Å². The minimum Gasteiger partial charge on any atom is -0.370 e. The molecule has 4 atom stereocenters. The van der Waals surface area contributed by atoms with Gasteiger partial charge in [-0.1, -0.05) is 38.5 Å². The fourth-order valence-corrected chi connectivity index (χ4v) is 10.6. The fourth-order valence-electron chi connectivity index (χ4n) is 10.6. The van der Waals surface area contributed by atoms with Crippen LogP contribution < -0.4 is 80.2 Å². The first kappa shape index (κ1) is 92.1. The molecule has 100 heavy (non-hydrogen) atoms. The van der Waals surface area contributed by atoms with Gasteiger partial charge in [0.15, 0.2) is 0 Å². The maximum Gasteiger partial charge on any atom is 0.242 e. The molecule has 0 aromatic rings. The average Bonchev–Trinajstić information content (AvgIpc) is 0.939. The van der Waals surface area contributed by atoms with E-state index in [1.807, 2.05) is 0 Å². The van der Waals surface area contributed by atoms with Crippen LogP contribution in [0.4, 0.5) is 0 Å². The van der Waals surface area contributed by atoms with E-state index in [2.05, 4.69) is 74.4 Å². The van der Waals surface area contributed by atoms with Crippen molar-refractivity contribution in [3.8, 4) is 0 Å². The molecule has 15 amide bonds. The van der Waals surface area contributed by atoms with Crippen molar-refractivity contribution in [1.82, 2.24) is 74.4 Å². The van der Waals surface area contributed by atoms with E-state index < -0.39 is 41.9 Å². The summed E-state index contributed by atoms with van der Waals surface area (Å²) in [7, 11) is 0. The van der Waals surface area contributed by atoms with Crippen molar-refractivity contribution in [3.63, 3.8) is 0 Å². The number of nitrogens with two attached hydrogens (primary N) is 1. The third-order valence-electron chi connectivity index (χ3n) is 16.2. The Morgan fingerprint density at radius 2 is 0.400 bits per heavy atom. The molecule has 0 rings (SSSR count). The fraction of sp³-hybridized carbons (Fsp3) is 0.786. The van der Waals surface area contributed by atoms with E-state index in [4.69, 9.17) is 5.73 Å². The van der Waals surface area contributed by atoms with Gasteiger partial charge < -0.3 is 80.2 Å². The number of nitrogens with one attached hydrogen (secondary N) is 14. The van der Waals surface area contributed by atoms with Crippen molar-refractivity contribution in [2.45, 2.75) is 290 Å². The van der Waals surface area contributed by atoms with Gasteiger partial charge in [-0.3, -0.25) is 71.9 Å². The standard InChI is InChI=1S/C70H127N15O15.5H2/c1-52(86)72-42-22-7-13-37-62(92)77-47-28-18-32-57(82-63(93)38-14-8-23-43-73-53(2)87)68(98)79-49-30-20-34-59(84-65(95)40-16-10-25-45-75-55(4)89)70(100)81-51-31-21-35-60(85-66(96)41-17-11-26-46-76-56(5)90)69(99)80-50-29-19-33-58(67(97)78-48-27-6-12-36-61(71)91)83-64(94)39-15-9-24-44-74-54(3)88;;;;;/h57-60H,6-51H2,1-5H3,(H2,71,91)(H,72,86)(H,73,87)(H,74,88)(H,75,89)(H,76,90)(H,77,92)(H,78,97)(H,79,98)(H,80,99)(H,81,100)(H,82,93)(H,83,94)(H,84,95)(H,85,96);5*1H. The smallest absolute Gasteiger partial charge is 0.242 e. The number of rotatable bonds is 64. The molecule has 0 saturated heterocycles. The molecule has 16 N–H and O–H groups in total. The highest BCUT2D eigenvalue weighted by atomic mass is 16.2. The third kappa shape index (κ3) is 59.0. The van der Waals surface area contributed by atoms with E-state index in [1.54, 1.807) is 0 Å². The van der Waals surface area contributed by atoms with E-state index in [9.17, 15) is 71.9 Å². The molecule has 30 heteroatoms. The first-order chi connectivity index (χ1) is 47.9. The maximum absolute atomic E-state index is 13.9. The lowest BCUT2D eigenvalue weighted by Crippen LogP contribution is -2.48. The summed E-state index contributed by atoms with van der Waals surface area (Å²) in [6.45, 7) is 11.0. The molecule has 0 heterocycles. The van der Waals surface area contributed by atoms with Crippen LogP contribution in [0.5, 0.6) is 0 Å². The van der Waals surface area contributed by atoms with Crippen LogP contribution in [-0.2, 0) is 71.9 Å². The Bertz CT molecular complexity index is 2470. The Morgan fingerprint density at radius 1 is 0.220 bits per heavy atom. The normalized spacial score (nSPS) is 12.0. The lowest BCUT2D eigenvalue weighted by molar-refractivity contribution is -0.129. The minimum atomic E-state index is -0.927. The molecule has 0 aromatic heterocycles. The summed E-state index contributed by atoms with van der Waals surface area (Å²) in [5.41, 5.74) is 5.25. The molecule has 0 aliphatic rings. The van der Waals surface area contributed by atoms with Crippen LogP contribution in [0.2, 0.25) is 0 Å². The van der Waals surface area contributed by atoms with Crippen molar-refractivity contribution < 1.29 is 79.1 Å². The van der Waals surface area contributed by atoms with Gasteiger partial charge in [0.25, 0.3) is 0 Å². The van der Waals surface area contributed by atoms with E-state index in [0.29, 0.717) is 213 Å². The number of hydrogen-bond donors (Lipinski definition) is 15. The zero-order valence-corrected chi connectivity index (χ0v) is 61.0. The number of primary amides is 1. The highest BCUT2D eigenvalue weighted by Crippen LogP contribution is 2.11. The summed E-state index contributed by atoms with van der Waals surface area (Å²) >= 11 is 0. The second kappa shape index (κ2) is 62.1. The van der Waals surface area contributed by atoms with Crippen LogP contribution in [0.1, 0.15) is 273 Å². The Balaban J connectivity index is -0.00000490. The van der Waals surface area contributed by atoms with Gasteiger partial charge in [0.05, 0.1) is 0 Å². The summed E-state index contributed by atoms with van der Waals surface area (Å²) in [5, 5.41) is 39.7. The van der Waals surface area contributed by atoms with Crippen molar-refractivity contribution >= 4 is 88.6 Å². The zero-order valence-electron chi connectivity index (χ0n) is 61.0. The monoisotopic (exact) mass is 1430 g/mol. The summed E-state index contributed by atoms with van der Waals surface area (Å²) in [5.74, 6) is -3.95. The van der Waals surface area contributed by atoms with Crippen molar-refractivity contribution in [2.75, 3.05) is 65.4 Å². The van der Waals surface area contributed by atoms with Crippen LogP contribution in [0, 0.1) is 0 Å². The van der Waals surface area contributed by atoms with Crippen LogP contribution in [0.15, 0.2) is 0 Å². The topological polar surface area (TPSA) is 450 Å². The van der Waals surface area contributed by atoms with Crippen molar-refractivity contribution in [2.24, 2.45) is 5.73 Å². The number of amides is 15. The molecule has 582 valence electrons. The molecule has 0 aliphatic carbocycles. The van der Waals surface area contributed by atoms with Gasteiger partial charge in [0.1, 0.15) is 24.2 Å². The van der Waals surface area contributed by atoms with Crippen molar-refractivity contribution in [3.05, 3.63) is 0 Å². The number of carbonyl (C=O) groups is 15. The Labute approximate surface area is 601 Å². The summed E-state index contributed by atoms with van der Waals surface area (Å²) in [4.78, 5) is 187. The van der Waals surface area contributed by atoms with E-state index in [-0.39, 0.29) is 149 Å². The average molecular weight is 1430 g/mol. The lowest BCUT2D eigenvalue weighted by atomic mass is 10.1. The first-order valence-electron chi connectivity index (χ1n) is 36.9. The largest absolute Gasteiger partial charge is 0.370 e. The summed E-state index contributed by atoms with van der Waals surface area (Å²) in [6, 6.07) is -3.54. The van der Waals surface area contributed by atoms with Gasteiger partial charge in [-0.15, -0.1) is 0 Å². The molecular weight excluding hydrogens is 1290 g/mol. The third-order valence-corrected chi connectivity index (χ3v) is 16.2. The van der Waals surface area contributed by atoms with Gasteiger partial charge in [0, 0.05) is 146 Å². The Kier molecular flexibility index (Phi) is 57.2. The van der Waals surface area contributed by atoms with Gasteiger partial charge in [-0.2, -0.15) is 0 Å². The molecule has 0 aromatic carbocycles. The predicted octanol–water partition coefficient (Wildman–Crippen LogP) is 3.95. The second-order valence-corrected chi connectivity index (χ2v) is 25.7. The van der Waals surface area contributed by atoms with Crippen LogP contribution in [0.3, 0.4) is 0 Å². The molecular formula is C70H137N15O15. The number of unbranched alkanes of at least 4 members (excludes halogenated alkanes) is 16. The number of hydrogen-bond acceptors (Lipinski definition) is 15. The quantitative estimate of drug-likeness (QED) is 0.0384. The summed E-state index contributed by atoms with van der Waals surface area (Å²) in [6.07, 6.45) is 17.8. The second-order valence-electron chi connectivity index (χ2n) is 25.7. The van der Waals surface area contributed by atoms with Gasteiger partial charge >= 0.3 is 0 Å². The molecule has 0 fully saturated rings. The van der Waals surface area contributed by atoms with Crippen LogP contribution in [0.25, 0.3) is 0 Å². The summed E-state index contributed by atoms with van der Waals surface area (Å²) < 4.78 is 0. The van der Waals surface area contributed by atoms with Gasteiger partial charge in [-0.05, 0) is 154 Å². The predicted molar refractivity (Wildman–Crippen MR) is 392 cm³/mol. The van der Waals surface area contributed by atoms with Gasteiger partial charge in [-0.25, -0.2) is 0 Å². The van der Waals surface area contributed by atoms with Crippen molar-refractivity contribution in [1.29, 1.82) is 0 Å². The Hall–Kier alpha value is -7.95. The molecule has 0 spiro atoms. The highest BCUT2D eigenvalue weighted by Gasteiger charge is 2.25. The Morgan fingerprint density at radius 3 is 0.610 bits per heavy atom. The minimum absolute atomic E-state index is 0. The van der Waals surface area contributed by atoms with Crippen LogP contribution >= 0.6 is 0 Å². The highest BCUT2D eigenvalue weighted by molar-refractivity contribution is 5.90. The molecule has 4 unspecified atom stereocenters. The molecule has 30 nitrogen and oxygen atoms in total. The molecule has 0 bridgehead atoms.